The van der Waals surface area contributed by atoms with Crippen LogP contribution in [0.15, 0.2) is 0 Å². The second-order valence-electron chi connectivity index (χ2n) is 8.63. The van der Waals surface area contributed by atoms with Gasteiger partial charge in [-0.15, -0.1) is 0 Å². The minimum absolute atomic E-state index is 0. The van der Waals surface area contributed by atoms with Crippen molar-refractivity contribution in [2.75, 3.05) is 0 Å². The molecular formula is C23H47NaO4S. The third-order valence-electron chi connectivity index (χ3n) is 5.69. The molecule has 0 spiro atoms. The van der Waals surface area contributed by atoms with Crippen LogP contribution in [-0.4, -0.2) is 29.4 Å². The molecule has 4 nitrogen and oxygen atoms in total. The summed E-state index contributed by atoms with van der Waals surface area (Å²) in [5.41, 5.74) is 0. The fraction of sp³-hybridized carbons (Fsp3) is 1.00. The van der Waals surface area contributed by atoms with Crippen LogP contribution in [0, 0.1) is 0 Å². The molecule has 2 unspecified atom stereocenters. The Morgan fingerprint density at radius 2 is 0.966 bits per heavy atom. The summed E-state index contributed by atoms with van der Waals surface area (Å²) in [6.45, 7) is 3.99. The Kier molecular flexibility index (Phi) is 24.4. The maximum atomic E-state index is 11.4. The molecule has 6 heteroatoms. The molecule has 0 aliphatic rings. The van der Waals surface area contributed by atoms with E-state index in [-0.39, 0.29) is 35.7 Å². The molecule has 0 radical (unpaired) electrons. The third kappa shape index (κ3) is 23.4. The second kappa shape index (κ2) is 22.1. The van der Waals surface area contributed by atoms with Gasteiger partial charge in [0.05, 0.1) is 16.2 Å². The van der Waals surface area contributed by atoms with E-state index in [1.807, 2.05) is 6.92 Å². The van der Waals surface area contributed by atoms with Crippen LogP contribution < -0.4 is 29.6 Å². The van der Waals surface area contributed by atoms with Crippen molar-refractivity contribution >= 4 is 10.1 Å². The summed E-state index contributed by atoms with van der Waals surface area (Å²) in [5, 5.41) is 8.54. The van der Waals surface area contributed by atoms with Crippen LogP contribution in [-0.2, 0) is 10.1 Å². The first-order valence-electron chi connectivity index (χ1n) is 12.0. The second-order valence-corrected chi connectivity index (χ2v) is 10.3. The summed E-state index contributed by atoms with van der Waals surface area (Å²) in [7, 11) is -4.14. The van der Waals surface area contributed by atoms with Crippen molar-refractivity contribution in [1.82, 2.24) is 0 Å². The minimum atomic E-state index is -4.14. The zero-order valence-electron chi connectivity index (χ0n) is 19.7. The molecule has 29 heavy (non-hydrogen) atoms. The van der Waals surface area contributed by atoms with Gasteiger partial charge in [0.25, 0.3) is 0 Å². The number of aliphatic hydroxyl groups is 1. The molecule has 0 fully saturated rings. The largest absolute Gasteiger partial charge is 1.00 e. The van der Waals surface area contributed by atoms with Crippen LogP contribution >= 0.6 is 0 Å². The van der Waals surface area contributed by atoms with Crippen molar-refractivity contribution in [3.05, 3.63) is 0 Å². The molecule has 0 aromatic heterocycles. The Hall–Kier alpha value is 0.870. The zero-order chi connectivity index (χ0) is 21.1. The van der Waals surface area contributed by atoms with Crippen LogP contribution in [0.4, 0.5) is 0 Å². The smallest absolute Gasteiger partial charge is 0.748 e. The fourth-order valence-corrected chi connectivity index (χ4v) is 4.72. The standard InChI is InChI=1S/C23H48O4S.Na/c1-3-4-5-17-20-23(28(25,26)27)21-18-15-13-11-9-7-6-8-10-12-14-16-19-22(2)24;/h22-24H,3-21H2,1-2H3,(H,25,26,27);/q;+1/p-1. The van der Waals surface area contributed by atoms with Gasteiger partial charge in [-0.25, -0.2) is 8.42 Å². The van der Waals surface area contributed by atoms with Gasteiger partial charge < -0.3 is 9.66 Å². The van der Waals surface area contributed by atoms with Crippen molar-refractivity contribution in [1.29, 1.82) is 0 Å². The van der Waals surface area contributed by atoms with Gasteiger partial charge in [-0.1, -0.05) is 110 Å². The van der Waals surface area contributed by atoms with Gasteiger partial charge in [-0.3, -0.25) is 0 Å². The molecule has 1 N–H and O–H groups in total. The third-order valence-corrected chi connectivity index (χ3v) is 6.97. The van der Waals surface area contributed by atoms with Crippen molar-refractivity contribution in [2.24, 2.45) is 0 Å². The molecule has 0 rings (SSSR count). The van der Waals surface area contributed by atoms with Gasteiger partial charge in [0.15, 0.2) is 0 Å². The fourth-order valence-electron chi connectivity index (χ4n) is 3.81. The molecule has 0 aromatic carbocycles. The number of aliphatic hydroxyl groups excluding tert-OH is 1. The number of rotatable bonds is 21. The monoisotopic (exact) mass is 442 g/mol. The summed E-state index contributed by atoms with van der Waals surface area (Å²) >= 11 is 0. The van der Waals surface area contributed by atoms with E-state index >= 15 is 0 Å². The number of hydrogen-bond acceptors (Lipinski definition) is 4. The average molecular weight is 443 g/mol. The first kappa shape index (κ1) is 32.1. The molecule has 0 bridgehead atoms. The summed E-state index contributed by atoms with van der Waals surface area (Å²) in [6, 6.07) is 0. The van der Waals surface area contributed by atoms with Crippen molar-refractivity contribution in [3.63, 3.8) is 0 Å². The normalized spacial score (nSPS) is 13.8. The van der Waals surface area contributed by atoms with Gasteiger partial charge >= 0.3 is 29.6 Å². The summed E-state index contributed by atoms with van der Waals surface area (Å²) in [5.74, 6) is 0. The van der Waals surface area contributed by atoms with Crippen molar-refractivity contribution in [2.45, 2.75) is 147 Å². The van der Waals surface area contributed by atoms with E-state index in [0.29, 0.717) is 12.8 Å². The van der Waals surface area contributed by atoms with Gasteiger partial charge in [0, 0.05) is 5.25 Å². The molecule has 0 saturated heterocycles. The molecule has 0 aliphatic heterocycles. The Morgan fingerprint density at radius 3 is 1.28 bits per heavy atom. The van der Waals surface area contributed by atoms with Crippen LogP contribution in [0.25, 0.3) is 0 Å². The van der Waals surface area contributed by atoms with Crippen LogP contribution in [0.2, 0.25) is 0 Å². The molecule has 0 heterocycles. The summed E-state index contributed by atoms with van der Waals surface area (Å²) in [4.78, 5) is 0. The van der Waals surface area contributed by atoms with E-state index in [2.05, 4.69) is 6.92 Å². The maximum absolute atomic E-state index is 11.4. The summed E-state index contributed by atoms with van der Waals surface area (Å²) in [6.07, 6.45) is 20.5. The Morgan fingerprint density at radius 1 is 0.655 bits per heavy atom. The Bertz CT molecular complexity index is 427. The SMILES string of the molecule is CCCCCCC(CCCCCCCCCCCCCCC(C)O)S(=O)(=O)[O-].[Na+]. The molecule has 0 amide bonds. The molecule has 0 aromatic rings. The predicted octanol–water partition coefficient (Wildman–Crippen LogP) is 3.72. The van der Waals surface area contributed by atoms with E-state index in [4.69, 9.17) is 0 Å². The van der Waals surface area contributed by atoms with Crippen molar-refractivity contribution in [3.8, 4) is 0 Å². The average Bonchev–Trinajstić information content (AvgIpc) is 2.62. The van der Waals surface area contributed by atoms with Gasteiger partial charge in [-0.05, 0) is 26.2 Å². The molecule has 170 valence electrons. The van der Waals surface area contributed by atoms with Gasteiger partial charge in [-0.2, -0.15) is 0 Å². The zero-order valence-corrected chi connectivity index (χ0v) is 22.5. The molecule has 0 aliphatic carbocycles. The topological polar surface area (TPSA) is 77.4 Å². The van der Waals surface area contributed by atoms with Gasteiger partial charge in [0.2, 0.25) is 0 Å². The van der Waals surface area contributed by atoms with Crippen LogP contribution in [0.3, 0.4) is 0 Å². The molecular weight excluding hydrogens is 395 g/mol. The van der Waals surface area contributed by atoms with Gasteiger partial charge in [0.1, 0.15) is 0 Å². The van der Waals surface area contributed by atoms with E-state index in [1.165, 1.54) is 51.4 Å². The van der Waals surface area contributed by atoms with E-state index in [0.717, 1.165) is 57.8 Å². The van der Waals surface area contributed by atoms with E-state index < -0.39 is 15.4 Å². The quantitative estimate of drug-likeness (QED) is 0.167. The van der Waals surface area contributed by atoms with Crippen LogP contribution in [0.5, 0.6) is 0 Å². The van der Waals surface area contributed by atoms with Crippen molar-refractivity contribution < 1.29 is 47.6 Å². The molecule has 2 atom stereocenters. The Balaban J connectivity index is 0. The van der Waals surface area contributed by atoms with E-state index in [9.17, 15) is 18.1 Å². The van der Waals surface area contributed by atoms with Crippen LogP contribution in [0.1, 0.15) is 136 Å². The summed E-state index contributed by atoms with van der Waals surface area (Å²) < 4.78 is 34.2. The number of hydrogen-bond donors (Lipinski definition) is 1. The number of unbranched alkanes of at least 4 members (excludes halogenated alkanes) is 14. The minimum Gasteiger partial charge on any atom is -0.748 e. The predicted molar refractivity (Wildman–Crippen MR) is 119 cm³/mol. The first-order valence-corrected chi connectivity index (χ1v) is 13.5. The Labute approximate surface area is 204 Å². The van der Waals surface area contributed by atoms with E-state index in [1.54, 1.807) is 0 Å². The maximum Gasteiger partial charge on any atom is 1.00 e. The first-order chi connectivity index (χ1) is 13.4. The molecule has 0 saturated carbocycles.